The van der Waals surface area contributed by atoms with E-state index in [4.69, 9.17) is 11.6 Å². The molecule has 0 unspecified atom stereocenters. The van der Waals surface area contributed by atoms with Crippen LogP contribution < -0.4 is 16.0 Å². The zero-order valence-electron chi connectivity index (χ0n) is 18.1. The van der Waals surface area contributed by atoms with E-state index in [1.165, 1.54) is 0 Å². The van der Waals surface area contributed by atoms with Gasteiger partial charge in [-0.15, -0.1) is 0 Å². The first-order valence-electron chi connectivity index (χ1n) is 10.6. The monoisotopic (exact) mass is 475 g/mol. The predicted molar refractivity (Wildman–Crippen MR) is 131 cm³/mol. The number of rotatable bonds is 7. The molecular weight excluding hydrogens is 454 g/mol. The number of aromatic nitrogens is 2. The maximum Gasteiger partial charge on any atom is 0.313 e. The number of pyridine rings is 1. The molecule has 4 N–H and O–H groups in total. The van der Waals surface area contributed by atoms with Crippen molar-refractivity contribution in [1.82, 2.24) is 20.6 Å². The van der Waals surface area contributed by atoms with E-state index in [0.717, 1.165) is 22.0 Å². The third-order valence-corrected chi connectivity index (χ3v) is 5.47. The molecule has 8 nitrogen and oxygen atoms in total. The summed E-state index contributed by atoms with van der Waals surface area (Å²) in [6.45, 7) is 0.572. The van der Waals surface area contributed by atoms with Crippen molar-refractivity contribution in [2.75, 3.05) is 11.9 Å². The summed E-state index contributed by atoms with van der Waals surface area (Å²) in [4.78, 5) is 44.4. The normalized spacial score (nSPS) is 10.6. The molecule has 0 aliphatic heterocycles. The first-order chi connectivity index (χ1) is 16.5. The van der Waals surface area contributed by atoms with Crippen molar-refractivity contribution in [3.63, 3.8) is 0 Å². The van der Waals surface area contributed by atoms with E-state index >= 15 is 0 Å². The number of carbonyl (C=O) groups excluding carboxylic acids is 3. The van der Waals surface area contributed by atoms with Crippen LogP contribution in [0.3, 0.4) is 0 Å². The molecule has 2 heterocycles. The zero-order chi connectivity index (χ0) is 23.9. The highest BCUT2D eigenvalue weighted by molar-refractivity contribution is 6.40. The van der Waals surface area contributed by atoms with Crippen molar-refractivity contribution in [1.29, 1.82) is 0 Å². The van der Waals surface area contributed by atoms with Crippen LogP contribution in [0.25, 0.3) is 10.9 Å². The molecule has 0 saturated carbocycles. The molecule has 4 aromatic rings. The lowest BCUT2D eigenvalue weighted by Gasteiger charge is -2.11. The van der Waals surface area contributed by atoms with Crippen LogP contribution in [0, 0.1) is 0 Å². The molecule has 9 heteroatoms. The maximum absolute atomic E-state index is 12.8. The lowest BCUT2D eigenvalue weighted by atomic mass is 10.1. The van der Waals surface area contributed by atoms with Gasteiger partial charge in [0.15, 0.2) is 0 Å². The Morgan fingerprint density at radius 1 is 0.941 bits per heavy atom. The Hall–Kier alpha value is -4.17. The third-order valence-electron chi connectivity index (χ3n) is 5.24. The zero-order valence-corrected chi connectivity index (χ0v) is 18.9. The average Bonchev–Trinajstić information content (AvgIpc) is 3.25. The van der Waals surface area contributed by atoms with Crippen molar-refractivity contribution < 1.29 is 14.4 Å². The lowest BCUT2D eigenvalue weighted by Crippen LogP contribution is -2.35. The van der Waals surface area contributed by atoms with Gasteiger partial charge in [-0.3, -0.25) is 19.4 Å². The number of nitrogens with one attached hydrogen (secondary N) is 4. The van der Waals surface area contributed by atoms with Gasteiger partial charge in [0, 0.05) is 47.6 Å². The molecule has 0 saturated heterocycles. The molecule has 172 valence electrons. The number of halogens is 1. The van der Waals surface area contributed by atoms with Crippen molar-refractivity contribution >= 4 is 45.9 Å². The van der Waals surface area contributed by atoms with Crippen LogP contribution in [0.5, 0.6) is 0 Å². The summed E-state index contributed by atoms with van der Waals surface area (Å²) in [5.41, 5.74) is 3.34. The average molecular weight is 476 g/mol. The van der Waals surface area contributed by atoms with Crippen molar-refractivity contribution in [3.8, 4) is 0 Å². The van der Waals surface area contributed by atoms with Gasteiger partial charge < -0.3 is 20.9 Å². The van der Waals surface area contributed by atoms with Crippen molar-refractivity contribution in [2.45, 2.75) is 13.0 Å². The highest BCUT2D eigenvalue weighted by atomic mass is 35.5. The number of hydrogen-bond acceptors (Lipinski definition) is 4. The first kappa shape index (κ1) is 23.0. The van der Waals surface area contributed by atoms with Crippen LogP contribution in [0.15, 0.2) is 73.2 Å². The summed E-state index contributed by atoms with van der Waals surface area (Å²) in [6.07, 6.45) is 5.69. The van der Waals surface area contributed by atoms with Gasteiger partial charge in [-0.2, -0.15) is 0 Å². The van der Waals surface area contributed by atoms with E-state index in [1.807, 2.05) is 24.4 Å². The molecule has 2 aromatic heterocycles. The van der Waals surface area contributed by atoms with Gasteiger partial charge in [-0.25, -0.2) is 0 Å². The molecule has 0 spiro atoms. The van der Waals surface area contributed by atoms with E-state index in [2.05, 4.69) is 25.9 Å². The van der Waals surface area contributed by atoms with E-state index in [0.29, 0.717) is 18.0 Å². The number of aromatic amines is 1. The minimum Gasteiger partial charge on any atom is -0.361 e. The van der Waals surface area contributed by atoms with Crippen LogP contribution in [0.2, 0.25) is 5.02 Å². The summed E-state index contributed by atoms with van der Waals surface area (Å²) in [5.74, 6) is -2.01. The molecule has 2 aromatic carbocycles. The molecule has 0 fully saturated rings. The fourth-order valence-corrected chi connectivity index (χ4v) is 3.67. The molecule has 0 atom stereocenters. The Bertz CT molecular complexity index is 1340. The summed E-state index contributed by atoms with van der Waals surface area (Å²) in [7, 11) is 0. The van der Waals surface area contributed by atoms with Gasteiger partial charge in [0.2, 0.25) is 0 Å². The predicted octanol–water partition coefficient (Wildman–Crippen LogP) is 3.44. The number of H-pyrrole nitrogens is 1. The Morgan fingerprint density at radius 3 is 2.56 bits per heavy atom. The van der Waals surface area contributed by atoms with Gasteiger partial charge in [0.05, 0.1) is 11.3 Å². The van der Waals surface area contributed by atoms with Gasteiger partial charge in [-0.05, 0) is 60.0 Å². The number of para-hydroxylation sites is 1. The van der Waals surface area contributed by atoms with E-state index in [1.54, 1.807) is 48.8 Å². The molecule has 0 bridgehead atoms. The minimum atomic E-state index is -0.857. The van der Waals surface area contributed by atoms with Crippen LogP contribution in [0.1, 0.15) is 21.5 Å². The van der Waals surface area contributed by atoms with Crippen molar-refractivity contribution in [3.05, 3.63) is 94.9 Å². The highest BCUT2D eigenvalue weighted by Crippen LogP contribution is 2.22. The number of hydrogen-bond donors (Lipinski definition) is 4. The summed E-state index contributed by atoms with van der Waals surface area (Å²) in [6, 6.07) is 15.6. The minimum absolute atomic E-state index is 0.190. The second kappa shape index (κ2) is 10.6. The van der Waals surface area contributed by atoms with Crippen molar-refractivity contribution in [2.24, 2.45) is 0 Å². The largest absolute Gasteiger partial charge is 0.361 e. The number of benzene rings is 2. The molecule has 4 rings (SSSR count). The van der Waals surface area contributed by atoms with Gasteiger partial charge >= 0.3 is 11.8 Å². The quantitative estimate of drug-likeness (QED) is 0.306. The highest BCUT2D eigenvalue weighted by Gasteiger charge is 2.18. The van der Waals surface area contributed by atoms with Gasteiger partial charge in [-0.1, -0.05) is 23.7 Å². The second-order valence-electron chi connectivity index (χ2n) is 7.55. The van der Waals surface area contributed by atoms with Crippen LogP contribution in [-0.2, 0) is 22.6 Å². The fourth-order valence-electron chi connectivity index (χ4n) is 3.50. The second-order valence-corrected chi connectivity index (χ2v) is 7.98. The smallest absolute Gasteiger partial charge is 0.313 e. The standard InChI is InChI=1S/C25H22ClN5O3/c26-18-5-6-21-20(13-18)17(15-29-21)9-12-28-23(32)19-3-1-2-4-22(19)31-25(34)24(33)30-14-16-7-10-27-11-8-16/h1-8,10-11,13,15,29H,9,12,14H2,(H,28,32)(H,30,33)(H,31,34). The number of nitrogens with zero attached hydrogens (tertiary/aromatic N) is 1. The summed E-state index contributed by atoms with van der Waals surface area (Å²) in [5, 5.41) is 9.58. The third kappa shape index (κ3) is 5.60. The summed E-state index contributed by atoms with van der Waals surface area (Å²) < 4.78 is 0. The molecule has 0 aliphatic rings. The lowest BCUT2D eigenvalue weighted by molar-refractivity contribution is -0.136. The number of anilines is 1. The summed E-state index contributed by atoms with van der Waals surface area (Å²) >= 11 is 6.10. The molecule has 34 heavy (non-hydrogen) atoms. The van der Waals surface area contributed by atoms with Gasteiger partial charge in [0.25, 0.3) is 5.91 Å². The molecular formula is C25H22ClN5O3. The number of amides is 3. The Balaban J connectivity index is 1.34. The molecule has 0 radical (unpaired) electrons. The van der Waals surface area contributed by atoms with Gasteiger partial charge in [0.1, 0.15) is 0 Å². The maximum atomic E-state index is 12.8. The first-order valence-corrected chi connectivity index (χ1v) is 11.0. The molecule has 3 amide bonds. The van der Waals surface area contributed by atoms with E-state index < -0.39 is 11.8 Å². The Labute approximate surface area is 200 Å². The SMILES string of the molecule is O=C(NCc1ccncc1)C(=O)Nc1ccccc1C(=O)NCCc1c[nH]c2ccc(Cl)cc12. The fraction of sp³-hybridized carbons (Fsp3) is 0.120. The van der Waals surface area contributed by atoms with Crippen LogP contribution in [-0.4, -0.2) is 34.2 Å². The molecule has 0 aliphatic carbocycles. The van der Waals surface area contributed by atoms with Crippen LogP contribution in [0.4, 0.5) is 5.69 Å². The Kier molecular flexibility index (Phi) is 7.19. The van der Waals surface area contributed by atoms with Crippen LogP contribution >= 0.6 is 11.6 Å². The number of fused-ring (bicyclic) bond motifs is 1. The number of carbonyl (C=O) groups is 3. The van der Waals surface area contributed by atoms with E-state index in [-0.39, 0.29) is 23.7 Å². The Morgan fingerprint density at radius 2 is 1.74 bits per heavy atom. The van der Waals surface area contributed by atoms with E-state index in [9.17, 15) is 14.4 Å². The topological polar surface area (TPSA) is 116 Å².